The van der Waals surface area contributed by atoms with Gasteiger partial charge in [0, 0.05) is 20.6 Å². The zero-order valence-corrected chi connectivity index (χ0v) is 28.4. The Bertz CT molecular complexity index is 1930. The highest BCUT2D eigenvalue weighted by molar-refractivity contribution is 9.10. The summed E-state index contributed by atoms with van der Waals surface area (Å²) in [7, 11) is 1.55. The van der Waals surface area contributed by atoms with Crippen molar-refractivity contribution in [2.45, 2.75) is 39.5 Å². The number of aromatic nitrogens is 1. The molecule has 0 N–H and O–H groups in total. The largest absolute Gasteiger partial charge is 0.496 e. The third kappa shape index (κ3) is 6.67. The lowest BCUT2D eigenvalue weighted by Gasteiger charge is -2.26. The number of nitrogens with zero attached hydrogens (tertiary/aromatic N) is 2. The molecule has 1 aromatic heterocycles. The second-order valence-electron chi connectivity index (χ2n) is 9.99. The molecule has 0 aliphatic carbocycles. The monoisotopic (exact) mass is 744 g/mol. The van der Waals surface area contributed by atoms with Crippen LogP contribution in [0.1, 0.15) is 43.5 Å². The van der Waals surface area contributed by atoms with Crippen molar-refractivity contribution in [1.82, 2.24) is 4.57 Å². The molecule has 1 aliphatic heterocycles. The van der Waals surface area contributed by atoms with Crippen LogP contribution in [-0.2, 0) is 16.1 Å². The number of rotatable bonds is 8. The van der Waals surface area contributed by atoms with Gasteiger partial charge in [0.25, 0.3) is 5.56 Å². The number of hydrogen-bond donors (Lipinski definition) is 0. The molecule has 0 fully saturated rings. The van der Waals surface area contributed by atoms with E-state index in [0.29, 0.717) is 43.7 Å². The Balaban J connectivity index is 1.57. The lowest BCUT2D eigenvalue weighted by atomic mass is 9.95. The molecule has 0 saturated heterocycles. The Kier molecular flexibility index (Phi) is 9.60. The lowest BCUT2D eigenvalue weighted by Crippen LogP contribution is -2.40. The second-order valence-corrected chi connectivity index (χ2v) is 13.2. The third-order valence-corrected chi connectivity index (χ3v) is 9.13. The number of carbonyl (C=O) groups is 1. The van der Waals surface area contributed by atoms with Crippen LogP contribution in [0.4, 0.5) is 0 Å². The Morgan fingerprint density at radius 2 is 1.86 bits per heavy atom. The van der Waals surface area contributed by atoms with Gasteiger partial charge in [0.15, 0.2) is 4.80 Å². The van der Waals surface area contributed by atoms with Crippen molar-refractivity contribution in [3.8, 4) is 11.5 Å². The lowest BCUT2D eigenvalue weighted by molar-refractivity contribution is -0.143. The highest BCUT2D eigenvalue weighted by atomic mass is 79.9. The molecule has 2 heterocycles. The van der Waals surface area contributed by atoms with Gasteiger partial charge in [0.05, 0.1) is 33.5 Å². The normalized spacial score (nSPS) is 14.9. The van der Waals surface area contributed by atoms with E-state index in [0.717, 1.165) is 20.1 Å². The SMILES string of the molecule is COc1ccc(Br)cc1[C@H]1C(C(=O)OC(C)C)=C(C)N=c2s/c(=C\c3ccc(OCc4ccccc4Cl)c(Br)c3)c(=O)n21. The van der Waals surface area contributed by atoms with Crippen LogP contribution < -0.4 is 24.4 Å². The van der Waals surface area contributed by atoms with Crippen LogP contribution >= 0.6 is 54.8 Å². The summed E-state index contributed by atoms with van der Waals surface area (Å²) in [5.41, 5.74) is 2.78. The number of esters is 1. The third-order valence-electron chi connectivity index (χ3n) is 6.67. The van der Waals surface area contributed by atoms with Gasteiger partial charge in [0.1, 0.15) is 24.1 Å². The van der Waals surface area contributed by atoms with Gasteiger partial charge in [-0.15, -0.1) is 0 Å². The molecule has 5 rings (SSSR count). The van der Waals surface area contributed by atoms with E-state index in [1.54, 1.807) is 44.6 Å². The molecule has 0 unspecified atom stereocenters. The molecular formula is C32H27Br2ClN2O5S. The fourth-order valence-electron chi connectivity index (χ4n) is 4.72. The number of ether oxygens (including phenoxy) is 3. The highest BCUT2D eigenvalue weighted by Gasteiger charge is 2.35. The van der Waals surface area contributed by atoms with Crippen LogP contribution in [0, 0.1) is 0 Å². The molecule has 3 aromatic carbocycles. The molecule has 11 heteroatoms. The second kappa shape index (κ2) is 13.2. The Morgan fingerprint density at radius 1 is 1.12 bits per heavy atom. The standard InChI is InChI=1S/C32H27Br2ClN2O5S/c1-17(2)42-31(39)28-18(3)36-32-37(29(28)22-15-21(33)10-12-25(22)40-4)30(38)27(43-32)14-19-9-11-26(23(34)13-19)41-16-20-7-5-6-8-24(20)35/h5-15,17,29H,16H2,1-4H3/b27-14-/t29-/m0/s1. The van der Waals surface area contributed by atoms with E-state index in [4.69, 9.17) is 25.8 Å². The zero-order chi connectivity index (χ0) is 30.8. The fraction of sp³-hybridized carbons (Fsp3) is 0.219. The van der Waals surface area contributed by atoms with E-state index < -0.39 is 12.0 Å². The Hall–Kier alpha value is -3.18. The predicted molar refractivity (Wildman–Crippen MR) is 176 cm³/mol. The fourth-order valence-corrected chi connectivity index (χ4v) is 6.85. The predicted octanol–water partition coefficient (Wildman–Crippen LogP) is 6.95. The molecule has 0 bridgehead atoms. The Morgan fingerprint density at radius 3 is 2.56 bits per heavy atom. The summed E-state index contributed by atoms with van der Waals surface area (Å²) in [6.45, 7) is 5.63. The molecule has 0 radical (unpaired) electrons. The average Bonchev–Trinajstić information content (AvgIpc) is 3.26. The first-order chi connectivity index (χ1) is 20.6. The minimum Gasteiger partial charge on any atom is -0.496 e. The molecule has 0 spiro atoms. The topological polar surface area (TPSA) is 79.1 Å². The number of benzene rings is 3. The molecule has 7 nitrogen and oxygen atoms in total. The van der Waals surface area contributed by atoms with Gasteiger partial charge in [-0.25, -0.2) is 9.79 Å². The van der Waals surface area contributed by atoms with Crippen molar-refractivity contribution < 1.29 is 19.0 Å². The molecule has 0 amide bonds. The number of hydrogen-bond acceptors (Lipinski definition) is 7. The molecular weight excluding hydrogens is 720 g/mol. The molecule has 1 aliphatic rings. The van der Waals surface area contributed by atoms with Gasteiger partial charge in [0.2, 0.25) is 0 Å². The summed E-state index contributed by atoms with van der Waals surface area (Å²) in [4.78, 5) is 32.6. The van der Waals surface area contributed by atoms with Gasteiger partial charge in [-0.1, -0.05) is 63.1 Å². The average molecular weight is 747 g/mol. The first kappa shape index (κ1) is 31.3. The number of fused-ring (bicyclic) bond motifs is 1. The van der Waals surface area contributed by atoms with Crippen LogP contribution in [0.2, 0.25) is 5.02 Å². The smallest absolute Gasteiger partial charge is 0.338 e. The van der Waals surface area contributed by atoms with Gasteiger partial charge in [-0.3, -0.25) is 9.36 Å². The maximum absolute atomic E-state index is 14.0. The minimum atomic E-state index is -0.801. The van der Waals surface area contributed by atoms with E-state index in [-0.39, 0.29) is 17.2 Å². The molecule has 43 heavy (non-hydrogen) atoms. The van der Waals surface area contributed by atoms with Gasteiger partial charge in [-0.05, 0) is 84.7 Å². The molecule has 222 valence electrons. The van der Waals surface area contributed by atoms with E-state index in [2.05, 4.69) is 36.9 Å². The molecule has 0 saturated carbocycles. The summed E-state index contributed by atoms with van der Waals surface area (Å²) in [6.07, 6.45) is 1.45. The van der Waals surface area contributed by atoms with E-state index in [9.17, 15) is 9.59 Å². The van der Waals surface area contributed by atoms with Gasteiger partial charge >= 0.3 is 5.97 Å². The quantitative estimate of drug-likeness (QED) is 0.183. The van der Waals surface area contributed by atoms with Crippen LogP contribution in [0.25, 0.3) is 6.08 Å². The number of allylic oxidation sites excluding steroid dienone is 1. The van der Waals surface area contributed by atoms with Crippen molar-refractivity contribution in [2.24, 2.45) is 4.99 Å². The maximum Gasteiger partial charge on any atom is 0.338 e. The summed E-state index contributed by atoms with van der Waals surface area (Å²) in [5, 5.41) is 0.639. The first-order valence-corrected chi connectivity index (χ1v) is 16.1. The molecule has 1 atom stereocenters. The number of methoxy groups -OCH3 is 1. The van der Waals surface area contributed by atoms with E-state index >= 15 is 0 Å². The van der Waals surface area contributed by atoms with Crippen molar-refractivity contribution in [3.05, 3.63) is 122 Å². The van der Waals surface area contributed by atoms with Crippen LogP contribution in [0.5, 0.6) is 11.5 Å². The summed E-state index contributed by atoms with van der Waals surface area (Å²) < 4.78 is 20.7. The van der Waals surface area contributed by atoms with Crippen molar-refractivity contribution >= 4 is 66.8 Å². The summed E-state index contributed by atoms with van der Waals surface area (Å²) in [6, 6.07) is 17.8. The van der Waals surface area contributed by atoms with Gasteiger partial charge in [-0.2, -0.15) is 0 Å². The molecule has 4 aromatic rings. The van der Waals surface area contributed by atoms with E-state index in [1.165, 1.54) is 11.3 Å². The maximum atomic E-state index is 14.0. The minimum absolute atomic E-state index is 0.284. The zero-order valence-electron chi connectivity index (χ0n) is 23.7. The summed E-state index contributed by atoms with van der Waals surface area (Å²) >= 11 is 14.6. The number of halogens is 3. The Labute approximate surface area is 274 Å². The first-order valence-electron chi connectivity index (χ1n) is 13.3. The summed E-state index contributed by atoms with van der Waals surface area (Å²) in [5.74, 6) is 0.640. The van der Waals surface area contributed by atoms with Crippen LogP contribution in [0.3, 0.4) is 0 Å². The van der Waals surface area contributed by atoms with E-state index in [1.807, 2.05) is 54.6 Å². The van der Waals surface area contributed by atoms with Crippen LogP contribution in [-0.4, -0.2) is 23.8 Å². The van der Waals surface area contributed by atoms with Crippen molar-refractivity contribution in [1.29, 1.82) is 0 Å². The van der Waals surface area contributed by atoms with Crippen molar-refractivity contribution in [2.75, 3.05) is 7.11 Å². The number of carbonyl (C=O) groups excluding carboxylic acids is 1. The van der Waals surface area contributed by atoms with Crippen molar-refractivity contribution in [3.63, 3.8) is 0 Å². The number of thiazole rings is 1. The highest BCUT2D eigenvalue weighted by Crippen LogP contribution is 2.37. The van der Waals surface area contributed by atoms with Crippen LogP contribution in [0.15, 0.2) is 90.7 Å². The van der Waals surface area contributed by atoms with Gasteiger partial charge < -0.3 is 14.2 Å².